The maximum atomic E-state index is 3.64. The quantitative estimate of drug-likeness (QED) is 0.659. The van der Waals surface area contributed by atoms with Crippen molar-refractivity contribution in [3.8, 4) is 0 Å². The monoisotopic (exact) mass is 334 g/mol. The fourth-order valence-electron chi connectivity index (χ4n) is 0.510. The maximum absolute atomic E-state index is 3.64. The molecule has 0 rings (SSSR count). The van der Waals surface area contributed by atoms with E-state index in [9.17, 15) is 0 Å². The standard InChI is InChI=1S/C7H13Br3/c1-7(2,3)5(8)4-6(9)10/h5-6H,4H2,1-3H3. The Labute approximate surface area is 88.5 Å². The zero-order valence-corrected chi connectivity index (χ0v) is 11.3. The lowest BCUT2D eigenvalue weighted by atomic mass is 9.91. The van der Waals surface area contributed by atoms with Crippen molar-refractivity contribution in [3.63, 3.8) is 0 Å². The first kappa shape index (κ1) is 11.4. The second-order valence-electron chi connectivity index (χ2n) is 3.46. The summed E-state index contributed by atoms with van der Waals surface area (Å²) in [6.45, 7) is 6.69. The number of hydrogen-bond donors (Lipinski definition) is 0. The van der Waals surface area contributed by atoms with Crippen LogP contribution in [0.3, 0.4) is 0 Å². The van der Waals surface area contributed by atoms with Crippen LogP contribution in [-0.2, 0) is 0 Å². The first-order valence-corrected chi connectivity index (χ1v) is 6.01. The molecule has 0 saturated carbocycles. The summed E-state index contributed by atoms with van der Waals surface area (Å²) in [5.41, 5.74) is 0.347. The first-order chi connectivity index (χ1) is 4.34. The normalized spacial score (nSPS) is 15.9. The average molecular weight is 337 g/mol. The molecule has 0 aromatic rings. The van der Waals surface area contributed by atoms with E-state index >= 15 is 0 Å². The lowest BCUT2D eigenvalue weighted by molar-refractivity contribution is 0.393. The Balaban J connectivity index is 3.73. The second kappa shape index (κ2) is 4.46. The van der Waals surface area contributed by atoms with E-state index in [-0.39, 0.29) is 0 Å². The zero-order chi connectivity index (χ0) is 8.36. The fraction of sp³-hybridized carbons (Fsp3) is 1.00. The minimum atomic E-state index is 0.347. The molecule has 10 heavy (non-hydrogen) atoms. The van der Waals surface area contributed by atoms with Crippen molar-refractivity contribution in [2.75, 3.05) is 0 Å². The first-order valence-electron chi connectivity index (χ1n) is 3.26. The van der Waals surface area contributed by atoms with Crippen LogP contribution in [0.25, 0.3) is 0 Å². The number of alkyl halides is 3. The molecule has 0 N–H and O–H groups in total. The van der Waals surface area contributed by atoms with Gasteiger partial charge in [-0.1, -0.05) is 68.6 Å². The molecule has 1 unspecified atom stereocenters. The highest BCUT2D eigenvalue weighted by Crippen LogP contribution is 2.32. The maximum Gasteiger partial charge on any atom is 0.0708 e. The van der Waals surface area contributed by atoms with Gasteiger partial charge in [-0.3, -0.25) is 0 Å². The van der Waals surface area contributed by atoms with E-state index in [0.717, 1.165) is 6.42 Å². The largest absolute Gasteiger partial charge is 0.0884 e. The number of rotatable bonds is 2. The highest BCUT2D eigenvalue weighted by Gasteiger charge is 2.22. The Kier molecular flexibility index (Phi) is 5.10. The Hall–Kier alpha value is 1.44. The van der Waals surface area contributed by atoms with Gasteiger partial charge in [-0.25, -0.2) is 0 Å². The van der Waals surface area contributed by atoms with Gasteiger partial charge in [0.25, 0.3) is 0 Å². The Bertz CT molecular complexity index is 93.5. The summed E-state index contributed by atoms with van der Waals surface area (Å²) in [6, 6.07) is 0. The summed E-state index contributed by atoms with van der Waals surface area (Å²) in [5.74, 6) is 0. The molecule has 0 aliphatic rings. The SMILES string of the molecule is CC(C)(C)C(Br)CC(Br)Br. The van der Waals surface area contributed by atoms with Crippen LogP contribution in [0, 0.1) is 5.41 Å². The topological polar surface area (TPSA) is 0 Å². The van der Waals surface area contributed by atoms with E-state index < -0.39 is 0 Å². The number of halogens is 3. The molecular weight excluding hydrogens is 324 g/mol. The highest BCUT2D eigenvalue weighted by atomic mass is 79.9. The summed E-state index contributed by atoms with van der Waals surface area (Å²) in [7, 11) is 0. The van der Waals surface area contributed by atoms with Crippen LogP contribution < -0.4 is 0 Å². The third-order valence-electron chi connectivity index (χ3n) is 1.32. The molecule has 0 nitrogen and oxygen atoms in total. The third kappa shape index (κ3) is 5.14. The summed E-state index contributed by atoms with van der Waals surface area (Å²) in [4.78, 5) is 0.559. The van der Waals surface area contributed by atoms with E-state index in [1.807, 2.05) is 0 Å². The molecule has 0 bridgehead atoms. The summed E-state index contributed by atoms with van der Waals surface area (Å²) in [6.07, 6.45) is 1.10. The van der Waals surface area contributed by atoms with Gasteiger partial charge in [0.1, 0.15) is 0 Å². The minimum absolute atomic E-state index is 0.347. The van der Waals surface area contributed by atoms with Gasteiger partial charge in [0.05, 0.1) is 3.74 Å². The van der Waals surface area contributed by atoms with Crippen molar-refractivity contribution in [3.05, 3.63) is 0 Å². The fourth-order valence-corrected chi connectivity index (χ4v) is 2.63. The van der Waals surface area contributed by atoms with E-state index in [1.165, 1.54) is 0 Å². The molecule has 0 amide bonds. The molecule has 0 radical (unpaired) electrons. The van der Waals surface area contributed by atoms with Crippen molar-refractivity contribution < 1.29 is 0 Å². The highest BCUT2D eigenvalue weighted by molar-refractivity contribution is 9.24. The summed E-state index contributed by atoms with van der Waals surface area (Å²) in [5, 5.41) is 0. The van der Waals surface area contributed by atoms with Crippen LogP contribution in [0.15, 0.2) is 0 Å². The molecule has 1 atom stereocenters. The van der Waals surface area contributed by atoms with Crippen LogP contribution >= 0.6 is 47.8 Å². The molecule has 0 aromatic heterocycles. The molecule has 0 aromatic carbocycles. The van der Waals surface area contributed by atoms with Crippen molar-refractivity contribution in [1.29, 1.82) is 0 Å². The van der Waals surface area contributed by atoms with Crippen LogP contribution in [0.4, 0.5) is 0 Å². The molecule has 0 aliphatic heterocycles. The average Bonchev–Trinajstić information content (AvgIpc) is 1.60. The van der Waals surface area contributed by atoms with Crippen LogP contribution in [-0.4, -0.2) is 8.56 Å². The van der Waals surface area contributed by atoms with Gasteiger partial charge in [0.2, 0.25) is 0 Å². The van der Waals surface area contributed by atoms with E-state index in [4.69, 9.17) is 0 Å². The Morgan fingerprint density at radius 2 is 1.50 bits per heavy atom. The predicted molar refractivity (Wildman–Crippen MR) is 58.4 cm³/mol. The van der Waals surface area contributed by atoms with Crippen LogP contribution in [0.5, 0.6) is 0 Å². The van der Waals surface area contributed by atoms with Crippen molar-refractivity contribution in [1.82, 2.24) is 0 Å². The van der Waals surface area contributed by atoms with Gasteiger partial charge in [-0.05, 0) is 11.8 Å². The van der Waals surface area contributed by atoms with Crippen LogP contribution in [0.1, 0.15) is 27.2 Å². The molecule has 0 aliphatic carbocycles. The van der Waals surface area contributed by atoms with Gasteiger partial charge < -0.3 is 0 Å². The van der Waals surface area contributed by atoms with Gasteiger partial charge in [0, 0.05) is 4.83 Å². The van der Waals surface area contributed by atoms with Gasteiger partial charge in [0.15, 0.2) is 0 Å². The Morgan fingerprint density at radius 1 is 1.10 bits per heavy atom. The molecule has 0 fully saturated rings. The minimum Gasteiger partial charge on any atom is -0.0884 e. The van der Waals surface area contributed by atoms with E-state index in [1.54, 1.807) is 0 Å². The third-order valence-corrected chi connectivity index (χ3v) is 3.82. The lowest BCUT2D eigenvalue weighted by Crippen LogP contribution is -2.21. The summed E-state index contributed by atoms with van der Waals surface area (Å²) >= 11 is 10.5. The van der Waals surface area contributed by atoms with Gasteiger partial charge in [-0.15, -0.1) is 0 Å². The zero-order valence-electron chi connectivity index (χ0n) is 6.50. The number of hydrogen-bond acceptors (Lipinski definition) is 0. The molecule has 0 heterocycles. The van der Waals surface area contributed by atoms with Gasteiger partial charge >= 0.3 is 0 Å². The lowest BCUT2D eigenvalue weighted by Gasteiger charge is -2.25. The van der Waals surface area contributed by atoms with Crippen LogP contribution in [0.2, 0.25) is 0 Å². The van der Waals surface area contributed by atoms with Crippen molar-refractivity contribution in [2.45, 2.75) is 35.8 Å². The molecule has 0 spiro atoms. The van der Waals surface area contributed by atoms with Crippen molar-refractivity contribution >= 4 is 47.8 Å². The molecule has 0 saturated heterocycles. The molecule has 3 heteroatoms. The Morgan fingerprint density at radius 3 is 1.60 bits per heavy atom. The second-order valence-corrected chi connectivity index (χ2v) is 8.01. The molecule has 62 valence electrons. The molecular formula is C7H13Br3. The predicted octanol–water partition coefficient (Wildman–Crippen LogP) is 4.30. The van der Waals surface area contributed by atoms with Crippen molar-refractivity contribution in [2.24, 2.45) is 5.41 Å². The smallest absolute Gasteiger partial charge is 0.0708 e. The summed E-state index contributed by atoms with van der Waals surface area (Å²) < 4.78 is 0.420. The van der Waals surface area contributed by atoms with E-state index in [2.05, 4.69) is 68.6 Å². The van der Waals surface area contributed by atoms with E-state index in [0.29, 0.717) is 14.0 Å². The van der Waals surface area contributed by atoms with Gasteiger partial charge in [-0.2, -0.15) is 0 Å².